The number of nitrogens with one attached hydrogen (secondary N) is 1. The number of rotatable bonds is 4. The first-order chi connectivity index (χ1) is 12.6. The van der Waals surface area contributed by atoms with E-state index in [0.29, 0.717) is 9.98 Å². The molecule has 1 aliphatic heterocycles. The van der Waals surface area contributed by atoms with Crippen molar-refractivity contribution in [3.8, 4) is 5.88 Å². The fourth-order valence-electron chi connectivity index (χ4n) is 3.65. The summed E-state index contributed by atoms with van der Waals surface area (Å²) in [7, 11) is 0. The van der Waals surface area contributed by atoms with Crippen molar-refractivity contribution in [1.82, 2.24) is 14.6 Å². The zero-order valence-corrected chi connectivity index (χ0v) is 16.1. The van der Waals surface area contributed by atoms with Gasteiger partial charge >= 0.3 is 0 Å². The Labute approximate surface area is 160 Å². The molecule has 0 spiro atoms. The fraction of sp³-hybridized carbons (Fsp3) is 0.444. The quantitative estimate of drug-likeness (QED) is 0.632. The van der Waals surface area contributed by atoms with Gasteiger partial charge in [0.25, 0.3) is 0 Å². The summed E-state index contributed by atoms with van der Waals surface area (Å²) < 4.78 is 1.54. The van der Waals surface area contributed by atoms with Crippen LogP contribution in [0.25, 0.3) is 4.96 Å². The van der Waals surface area contributed by atoms with Crippen molar-refractivity contribution < 1.29 is 15.1 Å². The lowest BCUT2D eigenvalue weighted by atomic mass is 9.99. The molecule has 6 nitrogen and oxygen atoms in total. The van der Waals surface area contributed by atoms with Crippen LogP contribution in [0.15, 0.2) is 24.3 Å². The molecule has 0 aliphatic carbocycles. The van der Waals surface area contributed by atoms with Gasteiger partial charge in [0.05, 0.1) is 19.2 Å². The third kappa shape index (κ3) is 3.20. The normalized spacial score (nSPS) is 22.0. The molecule has 0 unspecified atom stereocenters. The SMILES string of the molecule is CCc1nc2sc([C@H](c3cccc(Cl)c3)[NH+]3CCC(O)CC3)c(O)n2n1. The van der Waals surface area contributed by atoms with E-state index in [-0.39, 0.29) is 18.0 Å². The number of aromatic nitrogens is 3. The second-order valence-electron chi connectivity index (χ2n) is 6.74. The second kappa shape index (κ2) is 7.15. The first kappa shape index (κ1) is 17.7. The van der Waals surface area contributed by atoms with Crippen LogP contribution >= 0.6 is 22.9 Å². The molecule has 8 heteroatoms. The minimum atomic E-state index is -0.234. The van der Waals surface area contributed by atoms with Crippen molar-refractivity contribution in [3.63, 3.8) is 0 Å². The molecule has 4 rings (SSSR count). The summed E-state index contributed by atoms with van der Waals surface area (Å²) in [6, 6.07) is 7.73. The van der Waals surface area contributed by atoms with Gasteiger partial charge in [0.15, 0.2) is 11.9 Å². The van der Waals surface area contributed by atoms with E-state index in [4.69, 9.17) is 11.6 Å². The number of aliphatic hydroxyl groups excluding tert-OH is 1. The van der Waals surface area contributed by atoms with E-state index in [1.807, 2.05) is 31.2 Å². The summed E-state index contributed by atoms with van der Waals surface area (Å²) in [5.41, 5.74) is 1.06. The number of aromatic hydroxyl groups is 1. The number of piperidine rings is 1. The monoisotopic (exact) mass is 393 g/mol. The van der Waals surface area contributed by atoms with Crippen LogP contribution in [-0.4, -0.2) is 44.0 Å². The fourth-order valence-corrected chi connectivity index (χ4v) is 5.01. The average molecular weight is 394 g/mol. The van der Waals surface area contributed by atoms with Gasteiger partial charge in [0.1, 0.15) is 4.88 Å². The van der Waals surface area contributed by atoms with E-state index in [1.165, 1.54) is 20.8 Å². The Balaban J connectivity index is 1.79. The highest BCUT2D eigenvalue weighted by Gasteiger charge is 2.35. The zero-order valence-electron chi connectivity index (χ0n) is 14.5. The maximum absolute atomic E-state index is 10.9. The number of halogens is 1. The van der Waals surface area contributed by atoms with Crippen molar-refractivity contribution in [2.75, 3.05) is 13.1 Å². The lowest BCUT2D eigenvalue weighted by molar-refractivity contribution is -0.931. The first-order valence-electron chi connectivity index (χ1n) is 8.92. The van der Waals surface area contributed by atoms with Gasteiger partial charge in [-0.1, -0.05) is 42.0 Å². The Morgan fingerprint density at radius 1 is 1.38 bits per heavy atom. The lowest BCUT2D eigenvalue weighted by Gasteiger charge is -2.33. The van der Waals surface area contributed by atoms with Gasteiger partial charge in [0, 0.05) is 29.8 Å². The number of fused-ring (bicyclic) bond motifs is 1. The highest BCUT2D eigenvalue weighted by atomic mass is 35.5. The van der Waals surface area contributed by atoms with Crippen LogP contribution in [0.4, 0.5) is 0 Å². The zero-order chi connectivity index (χ0) is 18.3. The molecule has 2 aromatic heterocycles. The highest BCUT2D eigenvalue weighted by Crippen LogP contribution is 2.35. The van der Waals surface area contributed by atoms with Gasteiger partial charge in [-0.2, -0.15) is 4.52 Å². The number of thiazole rings is 1. The number of benzene rings is 1. The molecule has 1 fully saturated rings. The van der Waals surface area contributed by atoms with E-state index in [1.54, 1.807) is 0 Å². The molecule has 1 aromatic carbocycles. The number of aryl methyl sites for hydroxylation is 1. The van der Waals surface area contributed by atoms with Crippen LogP contribution in [0.1, 0.15) is 42.1 Å². The molecule has 138 valence electrons. The summed E-state index contributed by atoms with van der Waals surface area (Å²) in [6.45, 7) is 3.67. The molecule has 1 atom stereocenters. The largest absolute Gasteiger partial charge is 0.492 e. The van der Waals surface area contributed by atoms with Crippen molar-refractivity contribution in [1.29, 1.82) is 0 Å². The van der Waals surface area contributed by atoms with Crippen LogP contribution in [0.5, 0.6) is 5.88 Å². The Bertz CT molecular complexity index is 917. The van der Waals surface area contributed by atoms with Gasteiger partial charge < -0.3 is 15.1 Å². The minimum absolute atomic E-state index is 0.0558. The number of hydrogen-bond acceptors (Lipinski definition) is 5. The lowest BCUT2D eigenvalue weighted by Crippen LogP contribution is -3.13. The van der Waals surface area contributed by atoms with Gasteiger partial charge in [-0.3, -0.25) is 0 Å². The molecule has 0 radical (unpaired) electrons. The van der Waals surface area contributed by atoms with Crippen molar-refractivity contribution in [3.05, 3.63) is 45.6 Å². The molecular formula is C18H22ClN4O2S+. The molecule has 1 aliphatic rings. The van der Waals surface area contributed by atoms with Crippen LogP contribution in [0.3, 0.4) is 0 Å². The maximum Gasteiger partial charge on any atom is 0.235 e. The molecule has 3 N–H and O–H groups in total. The van der Waals surface area contributed by atoms with E-state index in [0.717, 1.165) is 48.6 Å². The van der Waals surface area contributed by atoms with Gasteiger partial charge in [0.2, 0.25) is 10.8 Å². The first-order valence-corrected chi connectivity index (χ1v) is 10.1. The minimum Gasteiger partial charge on any atom is -0.492 e. The summed E-state index contributed by atoms with van der Waals surface area (Å²) in [6.07, 6.45) is 2.01. The number of quaternary nitrogens is 1. The molecular weight excluding hydrogens is 372 g/mol. The molecule has 0 amide bonds. The number of hydrogen-bond donors (Lipinski definition) is 3. The third-order valence-electron chi connectivity index (χ3n) is 5.01. The second-order valence-corrected chi connectivity index (χ2v) is 8.19. The summed E-state index contributed by atoms with van der Waals surface area (Å²) in [5, 5.41) is 25.8. The van der Waals surface area contributed by atoms with Crippen LogP contribution in [0, 0.1) is 0 Å². The Morgan fingerprint density at radius 2 is 2.15 bits per heavy atom. The van der Waals surface area contributed by atoms with Crippen LogP contribution < -0.4 is 4.90 Å². The summed E-state index contributed by atoms with van der Waals surface area (Å²) >= 11 is 7.71. The van der Waals surface area contributed by atoms with Crippen molar-refractivity contribution in [2.45, 2.75) is 38.3 Å². The maximum atomic E-state index is 10.9. The third-order valence-corrected chi connectivity index (χ3v) is 6.33. The van der Waals surface area contributed by atoms with E-state index in [9.17, 15) is 10.2 Å². The molecule has 1 saturated heterocycles. The molecule has 0 bridgehead atoms. The molecule has 0 saturated carbocycles. The number of likely N-dealkylation sites (tertiary alicyclic amines) is 1. The van der Waals surface area contributed by atoms with Crippen LogP contribution in [0.2, 0.25) is 5.02 Å². The smallest absolute Gasteiger partial charge is 0.235 e. The predicted octanol–water partition coefficient (Wildman–Crippen LogP) is 1.84. The topological polar surface area (TPSA) is 75.1 Å². The van der Waals surface area contributed by atoms with E-state index >= 15 is 0 Å². The van der Waals surface area contributed by atoms with Gasteiger partial charge in [-0.25, -0.2) is 4.98 Å². The molecule has 3 aromatic rings. The average Bonchev–Trinajstić information content (AvgIpc) is 3.17. The Morgan fingerprint density at radius 3 is 2.81 bits per heavy atom. The molecule has 26 heavy (non-hydrogen) atoms. The number of nitrogens with zero attached hydrogens (tertiary/aromatic N) is 3. The molecule has 3 heterocycles. The Hall–Kier alpha value is -1.67. The van der Waals surface area contributed by atoms with Gasteiger partial charge in [-0.15, -0.1) is 5.10 Å². The van der Waals surface area contributed by atoms with Gasteiger partial charge in [-0.05, 0) is 12.1 Å². The van der Waals surface area contributed by atoms with Crippen molar-refractivity contribution in [2.24, 2.45) is 0 Å². The van der Waals surface area contributed by atoms with Crippen LogP contribution in [-0.2, 0) is 6.42 Å². The standard InChI is InChI=1S/C18H21ClN4O2S/c1-2-14-20-18-23(21-14)17(25)16(26-18)15(11-4-3-5-12(19)10-11)22-8-6-13(24)7-9-22/h3-5,10,13,15,24-25H,2,6-9H2,1H3/p+1/t15-/m0/s1. The Kier molecular flexibility index (Phi) is 4.88. The summed E-state index contributed by atoms with van der Waals surface area (Å²) in [4.78, 5) is 7.36. The van der Waals surface area contributed by atoms with E-state index in [2.05, 4.69) is 10.1 Å². The van der Waals surface area contributed by atoms with E-state index < -0.39 is 0 Å². The predicted molar refractivity (Wildman–Crippen MR) is 101 cm³/mol. The highest BCUT2D eigenvalue weighted by molar-refractivity contribution is 7.17. The summed E-state index contributed by atoms with van der Waals surface area (Å²) in [5.74, 6) is 0.881. The van der Waals surface area contributed by atoms with Crippen molar-refractivity contribution >= 4 is 27.9 Å². The number of aliphatic hydroxyl groups is 1.